The molecule has 0 amide bonds. The van der Waals surface area contributed by atoms with Crippen LogP contribution in [-0.2, 0) is 0 Å². The van der Waals surface area contributed by atoms with Crippen molar-refractivity contribution in [2.75, 3.05) is 23.3 Å². The molecule has 2 heterocycles. The Balaban J connectivity index is 1.86. The van der Waals surface area contributed by atoms with Crippen molar-refractivity contribution >= 4 is 11.6 Å². The third-order valence-corrected chi connectivity index (χ3v) is 4.58. The van der Waals surface area contributed by atoms with Crippen molar-refractivity contribution in [2.45, 2.75) is 70.8 Å². The zero-order valence-electron chi connectivity index (χ0n) is 13.4. The molecule has 1 aliphatic heterocycles. The van der Waals surface area contributed by atoms with Crippen LogP contribution in [0.25, 0.3) is 0 Å². The highest BCUT2D eigenvalue weighted by Gasteiger charge is 2.28. The van der Waals surface area contributed by atoms with E-state index < -0.39 is 0 Å². The first-order valence-corrected chi connectivity index (χ1v) is 8.67. The van der Waals surface area contributed by atoms with E-state index in [-0.39, 0.29) is 0 Å². The second kappa shape index (κ2) is 6.63. The van der Waals surface area contributed by atoms with E-state index in [9.17, 15) is 0 Å². The molecule has 1 aromatic heterocycles. The maximum absolute atomic E-state index is 4.89. The summed E-state index contributed by atoms with van der Waals surface area (Å²) in [6, 6.07) is 2.75. The maximum Gasteiger partial charge on any atom is 0.136 e. The molecule has 21 heavy (non-hydrogen) atoms. The van der Waals surface area contributed by atoms with Gasteiger partial charge in [-0.05, 0) is 39.0 Å². The highest BCUT2D eigenvalue weighted by Crippen LogP contribution is 2.39. The Hall–Kier alpha value is -1.32. The quantitative estimate of drug-likeness (QED) is 0.891. The summed E-state index contributed by atoms with van der Waals surface area (Å²) in [5, 5.41) is 3.45. The predicted octanol–water partition coefficient (Wildman–Crippen LogP) is 3.94. The summed E-state index contributed by atoms with van der Waals surface area (Å²) in [6.45, 7) is 6.64. The summed E-state index contributed by atoms with van der Waals surface area (Å²) in [5.74, 6) is 3.82. The van der Waals surface area contributed by atoms with Crippen molar-refractivity contribution in [3.63, 3.8) is 0 Å². The molecule has 0 bridgehead atoms. The minimum atomic E-state index is 0.591. The van der Waals surface area contributed by atoms with Crippen LogP contribution in [0.5, 0.6) is 0 Å². The first kappa shape index (κ1) is 14.6. The standard InChI is InChI=1S/C17H28N4/c1-3-10-18-15-12-16(20-17(19-15)14-8-9-14)21-11-6-4-5-7-13(21)2/h12-14H,3-11H2,1-2H3,(H,18,19,20). The summed E-state index contributed by atoms with van der Waals surface area (Å²) in [4.78, 5) is 12.1. The predicted molar refractivity (Wildman–Crippen MR) is 88.1 cm³/mol. The first-order chi connectivity index (χ1) is 10.3. The van der Waals surface area contributed by atoms with Gasteiger partial charge in [0.25, 0.3) is 0 Å². The largest absolute Gasteiger partial charge is 0.370 e. The van der Waals surface area contributed by atoms with Crippen molar-refractivity contribution in [3.05, 3.63) is 11.9 Å². The molecule has 1 N–H and O–H groups in total. The third kappa shape index (κ3) is 3.66. The minimum Gasteiger partial charge on any atom is -0.370 e. The van der Waals surface area contributed by atoms with E-state index in [0.29, 0.717) is 12.0 Å². The Labute approximate surface area is 128 Å². The molecule has 4 heteroatoms. The fourth-order valence-electron chi connectivity index (χ4n) is 3.08. The van der Waals surface area contributed by atoms with E-state index in [2.05, 4.69) is 30.1 Å². The van der Waals surface area contributed by atoms with Crippen LogP contribution in [0.15, 0.2) is 6.07 Å². The molecule has 0 spiro atoms. The Morgan fingerprint density at radius 1 is 1.19 bits per heavy atom. The normalized spacial score (nSPS) is 23.0. The second-order valence-electron chi connectivity index (χ2n) is 6.56. The molecule has 116 valence electrons. The van der Waals surface area contributed by atoms with E-state index in [4.69, 9.17) is 9.97 Å². The van der Waals surface area contributed by atoms with Crippen molar-refractivity contribution < 1.29 is 0 Å². The van der Waals surface area contributed by atoms with Crippen LogP contribution >= 0.6 is 0 Å². The minimum absolute atomic E-state index is 0.591. The lowest BCUT2D eigenvalue weighted by atomic mass is 10.1. The van der Waals surface area contributed by atoms with Crippen LogP contribution in [0.1, 0.15) is 70.5 Å². The topological polar surface area (TPSA) is 41.0 Å². The lowest BCUT2D eigenvalue weighted by Crippen LogP contribution is -2.33. The van der Waals surface area contributed by atoms with Gasteiger partial charge in [-0.3, -0.25) is 0 Å². The number of nitrogens with one attached hydrogen (secondary N) is 1. The number of rotatable bonds is 5. The van der Waals surface area contributed by atoms with Crippen molar-refractivity contribution in [3.8, 4) is 0 Å². The Kier molecular flexibility index (Phi) is 4.61. The Morgan fingerprint density at radius 2 is 2.05 bits per heavy atom. The van der Waals surface area contributed by atoms with Gasteiger partial charge in [0.2, 0.25) is 0 Å². The number of anilines is 2. The van der Waals surface area contributed by atoms with Crippen LogP contribution in [0.2, 0.25) is 0 Å². The van der Waals surface area contributed by atoms with Gasteiger partial charge in [0.15, 0.2) is 0 Å². The Bertz CT molecular complexity index is 470. The second-order valence-corrected chi connectivity index (χ2v) is 6.56. The lowest BCUT2D eigenvalue weighted by Gasteiger charge is -2.29. The number of hydrogen-bond donors (Lipinski definition) is 1. The fourth-order valence-corrected chi connectivity index (χ4v) is 3.08. The van der Waals surface area contributed by atoms with Gasteiger partial charge in [0.05, 0.1) is 0 Å². The van der Waals surface area contributed by atoms with Crippen LogP contribution in [0.4, 0.5) is 11.6 Å². The van der Waals surface area contributed by atoms with Crippen molar-refractivity contribution in [2.24, 2.45) is 0 Å². The highest BCUT2D eigenvalue weighted by atomic mass is 15.2. The molecule has 0 aromatic carbocycles. The SMILES string of the molecule is CCCNc1cc(N2CCCCCC2C)nc(C2CC2)n1. The van der Waals surface area contributed by atoms with E-state index in [1.165, 1.54) is 38.5 Å². The van der Waals surface area contributed by atoms with Crippen LogP contribution in [-0.4, -0.2) is 29.1 Å². The molecule has 1 saturated carbocycles. The lowest BCUT2D eigenvalue weighted by molar-refractivity contribution is 0.609. The third-order valence-electron chi connectivity index (χ3n) is 4.58. The number of hydrogen-bond acceptors (Lipinski definition) is 4. The van der Waals surface area contributed by atoms with E-state index >= 15 is 0 Å². The molecule has 1 aromatic rings. The molecular weight excluding hydrogens is 260 g/mol. The van der Waals surface area contributed by atoms with Gasteiger partial charge in [-0.1, -0.05) is 19.8 Å². The summed E-state index contributed by atoms with van der Waals surface area (Å²) < 4.78 is 0. The van der Waals surface area contributed by atoms with E-state index in [1.807, 2.05) is 0 Å². The molecule has 4 nitrogen and oxygen atoms in total. The molecule has 1 saturated heterocycles. The molecule has 2 aliphatic rings. The summed E-state index contributed by atoms with van der Waals surface area (Å²) in [7, 11) is 0. The van der Waals surface area contributed by atoms with E-state index in [0.717, 1.165) is 37.0 Å². The summed E-state index contributed by atoms with van der Waals surface area (Å²) in [5.41, 5.74) is 0. The average Bonchev–Trinajstić information content (AvgIpc) is 3.32. The zero-order chi connectivity index (χ0) is 14.7. The molecule has 0 radical (unpaired) electrons. The van der Waals surface area contributed by atoms with Gasteiger partial charge < -0.3 is 10.2 Å². The van der Waals surface area contributed by atoms with Gasteiger partial charge in [-0.15, -0.1) is 0 Å². The van der Waals surface area contributed by atoms with Crippen LogP contribution < -0.4 is 10.2 Å². The highest BCUT2D eigenvalue weighted by molar-refractivity contribution is 5.50. The van der Waals surface area contributed by atoms with Gasteiger partial charge in [-0.25, -0.2) is 9.97 Å². The molecule has 3 rings (SSSR count). The van der Waals surface area contributed by atoms with Gasteiger partial charge >= 0.3 is 0 Å². The molecule has 1 atom stereocenters. The van der Waals surface area contributed by atoms with Gasteiger partial charge in [0.1, 0.15) is 17.5 Å². The molecule has 1 aliphatic carbocycles. The fraction of sp³-hybridized carbons (Fsp3) is 0.765. The van der Waals surface area contributed by atoms with Gasteiger partial charge in [-0.2, -0.15) is 0 Å². The van der Waals surface area contributed by atoms with Crippen molar-refractivity contribution in [1.82, 2.24) is 9.97 Å². The zero-order valence-corrected chi connectivity index (χ0v) is 13.4. The van der Waals surface area contributed by atoms with E-state index in [1.54, 1.807) is 0 Å². The maximum atomic E-state index is 4.89. The number of aromatic nitrogens is 2. The van der Waals surface area contributed by atoms with Crippen molar-refractivity contribution in [1.29, 1.82) is 0 Å². The van der Waals surface area contributed by atoms with Crippen LogP contribution in [0.3, 0.4) is 0 Å². The monoisotopic (exact) mass is 288 g/mol. The number of nitrogens with zero attached hydrogens (tertiary/aromatic N) is 3. The average molecular weight is 288 g/mol. The summed E-state index contributed by atoms with van der Waals surface area (Å²) in [6.07, 6.45) is 8.89. The van der Waals surface area contributed by atoms with Gasteiger partial charge in [0, 0.05) is 31.1 Å². The smallest absolute Gasteiger partial charge is 0.136 e. The summed E-state index contributed by atoms with van der Waals surface area (Å²) >= 11 is 0. The first-order valence-electron chi connectivity index (χ1n) is 8.67. The molecule has 1 unspecified atom stereocenters. The Morgan fingerprint density at radius 3 is 2.81 bits per heavy atom. The van der Waals surface area contributed by atoms with Crippen LogP contribution in [0, 0.1) is 0 Å². The molecular formula is C17H28N4. The molecule has 2 fully saturated rings.